The van der Waals surface area contributed by atoms with Gasteiger partial charge >= 0.3 is 6.03 Å². The van der Waals surface area contributed by atoms with Gasteiger partial charge in [-0.15, -0.1) is 11.3 Å². The Morgan fingerprint density at radius 3 is 2.30 bits per heavy atom. The minimum atomic E-state index is -1.19. The van der Waals surface area contributed by atoms with Gasteiger partial charge in [0.2, 0.25) is 0 Å². The van der Waals surface area contributed by atoms with Gasteiger partial charge in [0.05, 0.1) is 6.54 Å². The zero-order valence-electron chi connectivity index (χ0n) is 16.8. The summed E-state index contributed by atoms with van der Waals surface area (Å²) in [4.78, 5) is 31.0. The molecule has 2 aliphatic rings. The lowest BCUT2D eigenvalue weighted by molar-refractivity contribution is -0.938. The minimum absolute atomic E-state index is 0.208. The molecule has 1 saturated heterocycles. The number of carbonyl (C=O) groups excluding carboxylic acids is 2. The standard InChI is InChI=1S/C24H23N3O2S/c1-17-20-13-15-30-21(20)12-14-26(17)16-27-22(28)24(25-23(27)29,18-8-4-2-5-9-18)19-10-6-3-7-11-19/h2-11,13,15,17H,12,14,16H2,1H3,(H,25,29)/p+1/t17-/m0/s1. The zero-order chi connectivity index (χ0) is 20.7. The van der Waals surface area contributed by atoms with Crippen molar-refractivity contribution >= 4 is 23.3 Å². The fourth-order valence-corrected chi connectivity index (χ4v) is 5.70. The van der Waals surface area contributed by atoms with E-state index in [1.807, 2.05) is 60.7 Å². The van der Waals surface area contributed by atoms with Gasteiger partial charge in [-0.05, 0) is 29.5 Å². The van der Waals surface area contributed by atoms with Crippen molar-refractivity contribution in [3.05, 3.63) is 93.7 Å². The highest BCUT2D eigenvalue weighted by molar-refractivity contribution is 7.10. The van der Waals surface area contributed by atoms with Crippen molar-refractivity contribution in [3.8, 4) is 0 Å². The Morgan fingerprint density at radius 2 is 1.67 bits per heavy atom. The van der Waals surface area contributed by atoms with Crippen molar-refractivity contribution in [2.45, 2.75) is 24.9 Å². The number of nitrogens with one attached hydrogen (secondary N) is 2. The summed E-state index contributed by atoms with van der Waals surface area (Å²) >= 11 is 1.80. The Morgan fingerprint density at radius 1 is 1.03 bits per heavy atom. The average Bonchev–Trinajstić information content (AvgIpc) is 3.36. The van der Waals surface area contributed by atoms with Crippen molar-refractivity contribution in [2.75, 3.05) is 13.2 Å². The highest BCUT2D eigenvalue weighted by Gasteiger charge is 2.55. The first kappa shape index (κ1) is 19.0. The van der Waals surface area contributed by atoms with Crippen LogP contribution in [-0.4, -0.2) is 30.1 Å². The largest absolute Gasteiger partial charge is 0.330 e. The number of benzene rings is 2. The van der Waals surface area contributed by atoms with E-state index in [1.165, 1.54) is 20.2 Å². The molecule has 2 aliphatic heterocycles. The molecule has 2 aromatic carbocycles. The second kappa shape index (κ2) is 7.38. The molecule has 6 heteroatoms. The molecule has 30 heavy (non-hydrogen) atoms. The van der Waals surface area contributed by atoms with Gasteiger partial charge in [0, 0.05) is 16.9 Å². The monoisotopic (exact) mass is 418 g/mol. The third-order valence-corrected chi connectivity index (χ3v) is 7.41. The van der Waals surface area contributed by atoms with Crippen LogP contribution in [0, 0.1) is 0 Å². The summed E-state index contributed by atoms with van der Waals surface area (Å²) < 4.78 is 0. The zero-order valence-corrected chi connectivity index (χ0v) is 17.6. The summed E-state index contributed by atoms with van der Waals surface area (Å²) in [6.45, 7) is 3.46. The second-order valence-corrected chi connectivity index (χ2v) is 8.98. The predicted octanol–water partition coefficient (Wildman–Crippen LogP) is 2.70. The van der Waals surface area contributed by atoms with Crippen LogP contribution in [0.5, 0.6) is 0 Å². The van der Waals surface area contributed by atoms with Gasteiger partial charge in [0.15, 0.2) is 12.2 Å². The molecule has 3 heterocycles. The summed E-state index contributed by atoms with van der Waals surface area (Å²) in [6, 6.07) is 21.2. The molecule has 5 rings (SSSR count). The number of rotatable bonds is 4. The topological polar surface area (TPSA) is 53.9 Å². The van der Waals surface area contributed by atoms with E-state index in [0.717, 1.165) is 24.1 Å². The van der Waals surface area contributed by atoms with E-state index in [1.54, 1.807) is 11.3 Å². The number of nitrogens with zero attached hydrogens (tertiary/aromatic N) is 1. The fourth-order valence-electron chi connectivity index (χ4n) is 4.72. The molecule has 5 nitrogen and oxygen atoms in total. The van der Waals surface area contributed by atoms with E-state index in [4.69, 9.17) is 0 Å². The SMILES string of the molecule is C[C@H]1c2ccsc2CC[NH+]1CN1C(=O)NC(c2ccccc2)(c2ccccc2)C1=O. The maximum Gasteiger partial charge on any atom is 0.330 e. The van der Waals surface area contributed by atoms with Gasteiger partial charge < -0.3 is 10.2 Å². The van der Waals surface area contributed by atoms with Gasteiger partial charge in [0.1, 0.15) is 6.04 Å². The maximum absolute atomic E-state index is 13.8. The highest BCUT2D eigenvalue weighted by atomic mass is 32.1. The molecule has 0 spiro atoms. The lowest BCUT2D eigenvalue weighted by Crippen LogP contribution is -3.14. The van der Waals surface area contributed by atoms with E-state index in [2.05, 4.69) is 23.7 Å². The molecule has 0 bridgehead atoms. The predicted molar refractivity (Wildman–Crippen MR) is 116 cm³/mol. The Balaban J connectivity index is 1.50. The molecule has 1 fully saturated rings. The van der Waals surface area contributed by atoms with Crippen LogP contribution < -0.4 is 10.2 Å². The molecule has 3 aromatic rings. The van der Waals surface area contributed by atoms with Gasteiger partial charge in [-0.25, -0.2) is 9.69 Å². The normalized spacial score (nSPS) is 22.6. The van der Waals surface area contributed by atoms with Crippen molar-refractivity contribution in [3.63, 3.8) is 0 Å². The van der Waals surface area contributed by atoms with Crippen molar-refractivity contribution in [1.29, 1.82) is 0 Å². The number of urea groups is 1. The van der Waals surface area contributed by atoms with Crippen molar-refractivity contribution in [2.24, 2.45) is 0 Å². The lowest BCUT2D eigenvalue weighted by atomic mass is 9.83. The fraction of sp³-hybridized carbons (Fsp3) is 0.250. The molecule has 2 atom stereocenters. The number of hydrogen-bond acceptors (Lipinski definition) is 3. The number of imide groups is 1. The number of fused-ring (bicyclic) bond motifs is 1. The number of thiophene rings is 1. The van der Waals surface area contributed by atoms with Gasteiger partial charge in [-0.2, -0.15) is 0 Å². The Labute approximate surface area is 179 Å². The van der Waals surface area contributed by atoms with Crippen LogP contribution in [-0.2, 0) is 16.8 Å². The van der Waals surface area contributed by atoms with Crippen molar-refractivity contribution in [1.82, 2.24) is 10.2 Å². The summed E-state index contributed by atoms with van der Waals surface area (Å²) in [5.74, 6) is -0.208. The lowest BCUT2D eigenvalue weighted by Gasteiger charge is -2.33. The number of quaternary nitrogens is 1. The molecule has 3 amide bonds. The number of amides is 3. The van der Waals surface area contributed by atoms with Crippen LogP contribution in [0.15, 0.2) is 72.1 Å². The smallest absolute Gasteiger partial charge is 0.315 e. The molecule has 2 N–H and O–H groups in total. The summed E-state index contributed by atoms with van der Waals surface area (Å²) in [6.07, 6.45) is 0.985. The van der Waals surface area contributed by atoms with Crippen LogP contribution in [0.2, 0.25) is 0 Å². The molecule has 1 unspecified atom stereocenters. The van der Waals surface area contributed by atoms with Crippen LogP contribution >= 0.6 is 11.3 Å². The first-order chi connectivity index (χ1) is 14.6. The Hall–Kier alpha value is -2.96. The van der Waals surface area contributed by atoms with E-state index in [0.29, 0.717) is 6.67 Å². The van der Waals surface area contributed by atoms with E-state index >= 15 is 0 Å². The van der Waals surface area contributed by atoms with Crippen LogP contribution in [0.3, 0.4) is 0 Å². The molecular formula is C24H24N3O2S+. The maximum atomic E-state index is 13.8. The highest BCUT2D eigenvalue weighted by Crippen LogP contribution is 2.35. The van der Waals surface area contributed by atoms with E-state index in [9.17, 15) is 9.59 Å². The summed E-state index contributed by atoms with van der Waals surface area (Å²) in [5.41, 5.74) is 1.70. The molecule has 0 aliphatic carbocycles. The average molecular weight is 419 g/mol. The second-order valence-electron chi connectivity index (χ2n) is 7.98. The Bertz CT molecular complexity index is 1040. The van der Waals surface area contributed by atoms with Gasteiger partial charge in [0.25, 0.3) is 5.91 Å². The van der Waals surface area contributed by atoms with Crippen LogP contribution in [0.1, 0.15) is 34.5 Å². The third-order valence-electron chi connectivity index (χ3n) is 6.41. The van der Waals surface area contributed by atoms with E-state index in [-0.39, 0.29) is 18.0 Å². The summed E-state index contributed by atoms with van der Waals surface area (Å²) in [5, 5.41) is 5.18. The molecule has 0 saturated carbocycles. The Kier molecular flexibility index (Phi) is 4.68. The number of hydrogen-bond donors (Lipinski definition) is 2. The first-order valence-electron chi connectivity index (χ1n) is 10.3. The first-order valence-corrected chi connectivity index (χ1v) is 11.1. The molecule has 1 aromatic heterocycles. The molecular weight excluding hydrogens is 394 g/mol. The quantitative estimate of drug-likeness (QED) is 0.640. The summed E-state index contributed by atoms with van der Waals surface area (Å²) in [7, 11) is 0. The van der Waals surface area contributed by atoms with Gasteiger partial charge in [-0.1, -0.05) is 60.7 Å². The minimum Gasteiger partial charge on any atom is -0.315 e. The van der Waals surface area contributed by atoms with Gasteiger partial charge in [-0.3, -0.25) is 4.79 Å². The van der Waals surface area contributed by atoms with Crippen LogP contribution in [0.4, 0.5) is 4.79 Å². The van der Waals surface area contributed by atoms with Crippen LogP contribution in [0.25, 0.3) is 0 Å². The molecule has 152 valence electrons. The van der Waals surface area contributed by atoms with Crippen molar-refractivity contribution < 1.29 is 14.5 Å². The van der Waals surface area contributed by atoms with E-state index < -0.39 is 5.54 Å². The number of carbonyl (C=O) groups is 2. The molecule has 0 radical (unpaired) electrons. The third kappa shape index (κ3) is 2.87.